The van der Waals surface area contributed by atoms with Gasteiger partial charge >= 0.3 is 0 Å². The Labute approximate surface area is 110 Å². The molecule has 4 nitrogen and oxygen atoms in total. The summed E-state index contributed by atoms with van der Waals surface area (Å²) in [6.07, 6.45) is 7.00. The smallest absolute Gasteiger partial charge is 0.0946 e. The van der Waals surface area contributed by atoms with E-state index in [9.17, 15) is 0 Å². The van der Waals surface area contributed by atoms with Crippen molar-refractivity contribution in [3.05, 3.63) is 18.7 Å². The first-order valence-corrected chi connectivity index (χ1v) is 6.98. The fraction of sp³-hybridized carbons (Fsp3) is 0.786. The van der Waals surface area contributed by atoms with Gasteiger partial charge in [-0.2, -0.15) is 0 Å². The molecule has 0 radical (unpaired) electrons. The van der Waals surface area contributed by atoms with Gasteiger partial charge in [0.2, 0.25) is 0 Å². The van der Waals surface area contributed by atoms with Gasteiger partial charge in [-0.25, -0.2) is 4.98 Å². The number of piperidine rings is 1. The highest BCUT2D eigenvalue weighted by molar-refractivity contribution is 4.88. The third-order valence-corrected chi connectivity index (χ3v) is 4.15. The Bertz CT molecular complexity index is 349. The van der Waals surface area contributed by atoms with Crippen LogP contribution in [0.5, 0.6) is 0 Å². The van der Waals surface area contributed by atoms with Gasteiger partial charge in [-0.15, -0.1) is 0 Å². The molecule has 1 fully saturated rings. The second kappa shape index (κ2) is 5.85. The fourth-order valence-corrected chi connectivity index (χ4v) is 2.90. The summed E-state index contributed by atoms with van der Waals surface area (Å²) < 4.78 is 2.14. The number of aromatic nitrogens is 2. The Balaban J connectivity index is 1.84. The molecule has 4 heteroatoms. The first-order valence-electron chi connectivity index (χ1n) is 6.98. The number of imidazole rings is 1. The molecule has 4 atom stereocenters. The Morgan fingerprint density at radius 3 is 2.89 bits per heavy atom. The highest BCUT2D eigenvalue weighted by Gasteiger charge is 2.29. The van der Waals surface area contributed by atoms with E-state index in [-0.39, 0.29) is 0 Å². The lowest BCUT2D eigenvalue weighted by Gasteiger charge is -2.41. The zero-order chi connectivity index (χ0) is 13.1. The van der Waals surface area contributed by atoms with Crippen molar-refractivity contribution < 1.29 is 0 Å². The molecule has 1 aliphatic rings. The zero-order valence-electron chi connectivity index (χ0n) is 12.0. The Morgan fingerprint density at radius 2 is 2.22 bits per heavy atom. The Morgan fingerprint density at radius 1 is 1.44 bits per heavy atom. The van der Waals surface area contributed by atoms with E-state index in [0.29, 0.717) is 18.1 Å². The third-order valence-electron chi connectivity index (χ3n) is 4.15. The topological polar surface area (TPSA) is 33.1 Å². The summed E-state index contributed by atoms with van der Waals surface area (Å²) in [5.41, 5.74) is 0. The van der Waals surface area contributed by atoms with Gasteiger partial charge in [-0.1, -0.05) is 6.92 Å². The number of nitrogens with one attached hydrogen (secondary N) is 1. The fourth-order valence-electron chi connectivity index (χ4n) is 2.90. The monoisotopic (exact) mass is 250 g/mol. The van der Waals surface area contributed by atoms with E-state index < -0.39 is 0 Å². The third kappa shape index (κ3) is 3.33. The van der Waals surface area contributed by atoms with Crippen LogP contribution in [0.1, 0.15) is 27.2 Å². The molecular weight excluding hydrogens is 224 g/mol. The maximum absolute atomic E-state index is 4.09. The van der Waals surface area contributed by atoms with Crippen LogP contribution >= 0.6 is 0 Å². The van der Waals surface area contributed by atoms with Crippen LogP contribution in [-0.2, 0) is 6.54 Å². The second-order valence-corrected chi connectivity index (χ2v) is 5.94. The maximum Gasteiger partial charge on any atom is 0.0946 e. The molecule has 1 aromatic heterocycles. The van der Waals surface area contributed by atoms with Crippen LogP contribution < -0.4 is 5.32 Å². The van der Waals surface area contributed by atoms with Crippen LogP contribution in [0, 0.1) is 5.92 Å². The van der Waals surface area contributed by atoms with Crippen molar-refractivity contribution in [3.8, 4) is 0 Å². The number of likely N-dealkylation sites (tertiary alicyclic amines) is 1. The molecule has 18 heavy (non-hydrogen) atoms. The van der Waals surface area contributed by atoms with Crippen molar-refractivity contribution in [1.29, 1.82) is 0 Å². The molecule has 0 aromatic carbocycles. The second-order valence-electron chi connectivity index (χ2n) is 5.94. The normalized spacial score (nSPS) is 31.4. The molecule has 1 saturated heterocycles. The van der Waals surface area contributed by atoms with Gasteiger partial charge < -0.3 is 14.8 Å². The van der Waals surface area contributed by atoms with E-state index in [2.05, 4.69) is 47.6 Å². The molecule has 1 aromatic rings. The van der Waals surface area contributed by atoms with Crippen molar-refractivity contribution in [2.24, 2.45) is 5.92 Å². The summed E-state index contributed by atoms with van der Waals surface area (Å²) in [6, 6.07) is 1.80. The molecule has 1 aliphatic heterocycles. The average Bonchev–Trinajstić information content (AvgIpc) is 2.78. The minimum Gasteiger partial charge on any atom is -0.336 e. The summed E-state index contributed by atoms with van der Waals surface area (Å²) in [7, 11) is 2.23. The van der Waals surface area contributed by atoms with Crippen LogP contribution in [0.4, 0.5) is 0 Å². The van der Waals surface area contributed by atoms with Crippen LogP contribution in [-0.4, -0.2) is 46.2 Å². The Hall–Kier alpha value is -0.870. The summed E-state index contributed by atoms with van der Waals surface area (Å²) in [5, 5.41) is 3.78. The van der Waals surface area contributed by atoms with Crippen molar-refractivity contribution in [1.82, 2.24) is 19.8 Å². The molecule has 4 unspecified atom stereocenters. The van der Waals surface area contributed by atoms with Gasteiger partial charge in [-0.3, -0.25) is 0 Å². The lowest BCUT2D eigenvalue weighted by atomic mass is 9.89. The molecule has 0 saturated carbocycles. The summed E-state index contributed by atoms with van der Waals surface area (Å²) >= 11 is 0. The average molecular weight is 250 g/mol. The van der Waals surface area contributed by atoms with Gasteiger partial charge in [0.15, 0.2) is 0 Å². The lowest BCUT2D eigenvalue weighted by molar-refractivity contribution is 0.115. The minimum atomic E-state index is 0.488. The number of nitrogens with zero attached hydrogens (tertiary/aromatic N) is 3. The van der Waals surface area contributed by atoms with E-state index in [1.54, 1.807) is 0 Å². The largest absolute Gasteiger partial charge is 0.336 e. The van der Waals surface area contributed by atoms with Crippen LogP contribution in [0.2, 0.25) is 0 Å². The highest BCUT2D eigenvalue weighted by Crippen LogP contribution is 2.21. The molecule has 0 aliphatic carbocycles. The van der Waals surface area contributed by atoms with Crippen molar-refractivity contribution in [2.45, 2.75) is 51.9 Å². The van der Waals surface area contributed by atoms with Crippen molar-refractivity contribution in [2.75, 3.05) is 13.6 Å². The molecule has 1 N–H and O–H groups in total. The van der Waals surface area contributed by atoms with Crippen molar-refractivity contribution >= 4 is 0 Å². The van der Waals surface area contributed by atoms with Crippen LogP contribution in [0.3, 0.4) is 0 Å². The number of hydrogen-bond acceptors (Lipinski definition) is 3. The van der Waals surface area contributed by atoms with Gasteiger partial charge in [-0.05, 0) is 33.2 Å². The van der Waals surface area contributed by atoms with E-state index in [4.69, 9.17) is 0 Å². The minimum absolute atomic E-state index is 0.488. The standard InChI is InChI=1S/C14H26N4/c1-11-8-17(4)13(3)7-14(11)16-12(2)9-18-6-5-15-10-18/h5-6,10-14,16H,7-9H2,1-4H3. The highest BCUT2D eigenvalue weighted by atomic mass is 15.2. The quantitative estimate of drug-likeness (QED) is 0.881. The summed E-state index contributed by atoms with van der Waals surface area (Å²) in [4.78, 5) is 6.55. The van der Waals surface area contributed by atoms with Gasteiger partial charge in [0.1, 0.15) is 0 Å². The molecule has 2 rings (SSSR count). The molecule has 0 spiro atoms. The molecule has 0 amide bonds. The number of hydrogen-bond donors (Lipinski definition) is 1. The molecule has 2 heterocycles. The van der Waals surface area contributed by atoms with E-state index in [0.717, 1.165) is 12.5 Å². The zero-order valence-corrected chi connectivity index (χ0v) is 12.0. The van der Waals surface area contributed by atoms with Crippen LogP contribution in [0.25, 0.3) is 0 Å². The summed E-state index contributed by atoms with van der Waals surface area (Å²) in [5.74, 6) is 0.719. The lowest BCUT2D eigenvalue weighted by Crippen LogP contribution is -2.53. The van der Waals surface area contributed by atoms with Gasteiger partial charge in [0, 0.05) is 43.6 Å². The summed E-state index contributed by atoms with van der Waals surface area (Å²) in [6.45, 7) is 9.12. The first-order chi connectivity index (χ1) is 8.56. The van der Waals surface area contributed by atoms with Gasteiger partial charge in [0.05, 0.1) is 6.33 Å². The molecule has 102 valence electrons. The molecule has 0 bridgehead atoms. The predicted octanol–water partition coefficient (Wildman–Crippen LogP) is 1.59. The van der Waals surface area contributed by atoms with Gasteiger partial charge in [0.25, 0.3) is 0 Å². The first kappa shape index (κ1) is 13.6. The Kier molecular flexibility index (Phi) is 4.40. The SMILES string of the molecule is CC(Cn1ccnc1)NC1CC(C)N(C)CC1C. The van der Waals surface area contributed by atoms with Crippen LogP contribution in [0.15, 0.2) is 18.7 Å². The van der Waals surface area contributed by atoms with Crippen molar-refractivity contribution in [3.63, 3.8) is 0 Å². The molecular formula is C14H26N4. The van der Waals surface area contributed by atoms with E-state index in [1.165, 1.54) is 13.0 Å². The number of rotatable bonds is 4. The maximum atomic E-state index is 4.09. The predicted molar refractivity (Wildman–Crippen MR) is 74.5 cm³/mol. The van der Waals surface area contributed by atoms with E-state index >= 15 is 0 Å². The van der Waals surface area contributed by atoms with E-state index in [1.807, 2.05) is 18.7 Å².